The predicted molar refractivity (Wildman–Crippen MR) is 90.6 cm³/mol. The van der Waals surface area contributed by atoms with Gasteiger partial charge in [-0.1, -0.05) is 28.8 Å². The van der Waals surface area contributed by atoms with E-state index in [4.69, 9.17) is 10.5 Å². The quantitative estimate of drug-likeness (QED) is 0.802. The number of hydrogen-bond donors (Lipinski definition) is 2. The number of nitrogens with one attached hydrogen (secondary N) is 1. The summed E-state index contributed by atoms with van der Waals surface area (Å²) in [5.74, 6) is 0. The Bertz CT molecular complexity index is 621. The van der Waals surface area contributed by atoms with Crippen molar-refractivity contribution >= 4 is 38.2 Å². The summed E-state index contributed by atoms with van der Waals surface area (Å²) in [6.45, 7) is 1.47. The average Bonchev–Trinajstić information content (AvgIpc) is 2.98. The number of rotatable bonds is 5. The molecule has 112 valence electrons. The number of nitrogens with two attached hydrogens (primary N) is 1. The second-order valence-electron chi connectivity index (χ2n) is 5.45. The van der Waals surface area contributed by atoms with E-state index in [2.05, 4.69) is 26.2 Å². The minimum atomic E-state index is 0.451. The van der Waals surface area contributed by atoms with E-state index in [9.17, 15) is 0 Å². The predicted octanol–water partition coefficient (Wildman–Crippen LogP) is 3.95. The van der Waals surface area contributed by atoms with Gasteiger partial charge in [-0.05, 0) is 31.0 Å². The number of nitrogens with zero attached hydrogens (tertiary/aromatic N) is 1. The van der Waals surface area contributed by atoms with Gasteiger partial charge in [0.2, 0.25) is 0 Å². The summed E-state index contributed by atoms with van der Waals surface area (Å²) in [6.07, 6.45) is 7.16. The van der Waals surface area contributed by atoms with Crippen LogP contribution < -0.4 is 11.1 Å². The molecule has 4 nitrogen and oxygen atoms in total. The van der Waals surface area contributed by atoms with Gasteiger partial charge >= 0.3 is 0 Å². The van der Waals surface area contributed by atoms with Gasteiger partial charge in [0.05, 0.1) is 35.8 Å². The molecule has 0 amide bonds. The molecule has 3 rings (SSSR count). The number of pyridine rings is 1. The van der Waals surface area contributed by atoms with Crippen LogP contribution in [0.5, 0.6) is 0 Å². The monoisotopic (exact) mass is 349 g/mol. The highest BCUT2D eigenvalue weighted by Crippen LogP contribution is 2.30. The van der Waals surface area contributed by atoms with Crippen molar-refractivity contribution in [1.29, 1.82) is 0 Å². The molecular formula is C16H20BrN3O. The first-order chi connectivity index (χ1) is 10.2. The number of halogens is 1. The maximum Gasteiger partial charge on any atom is 0.0743 e. The number of anilines is 2. The zero-order chi connectivity index (χ0) is 14.7. The summed E-state index contributed by atoms with van der Waals surface area (Å²) in [7, 11) is 0. The minimum absolute atomic E-state index is 0.451. The van der Waals surface area contributed by atoms with Crippen LogP contribution in [0.4, 0.5) is 11.4 Å². The minimum Gasteiger partial charge on any atom is -0.396 e. The molecule has 1 aromatic carbocycles. The molecule has 0 bridgehead atoms. The van der Waals surface area contributed by atoms with Crippen molar-refractivity contribution in [3.05, 3.63) is 28.9 Å². The van der Waals surface area contributed by atoms with Gasteiger partial charge in [-0.15, -0.1) is 0 Å². The number of fused-ring (bicyclic) bond motifs is 1. The van der Waals surface area contributed by atoms with Crippen molar-refractivity contribution in [2.45, 2.75) is 31.8 Å². The maximum atomic E-state index is 6.06. The van der Waals surface area contributed by atoms with E-state index in [1.807, 2.05) is 18.2 Å². The number of benzene rings is 1. The molecule has 0 saturated heterocycles. The highest BCUT2D eigenvalue weighted by molar-refractivity contribution is 9.10. The Kier molecular flexibility index (Phi) is 4.60. The highest BCUT2D eigenvalue weighted by Gasteiger charge is 2.15. The SMILES string of the molecule is Nc1cnc2ccc(Br)cc2c1NCCOC1CCCC1. The Morgan fingerprint density at radius 2 is 2.14 bits per heavy atom. The molecule has 2 aromatic rings. The lowest BCUT2D eigenvalue weighted by Crippen LogP contribution is -2.16. The Balaban J connectivity index is 1.67. The molecule has 3 N–H and O–H groups in total. The molecule has 1 aliphatic rings. The molecule has 1 saturated carbocycles. The first-order valence-corrected chi connectivity index (χ1v) is 8.22. The topological polar surface area (TPSA) is 60.2 Å². The van der Waals surface area contributed by atoms with E-state index < -0.39 is 0 Å². The van der Waals surface area contributed by atoms with Gasteiger partial charge < -0.3 is 15.8 Å². The van der Waals surface area contributed by atoms with E-state index in [1.165, 1.54) is 25.7 Å². The Morgan fingerprint density at radius 1 is 1.33 bits per heavy atom. The third-order valence-electron chi connectivity index (χ3n) is 3.92. The summed E-state index contributed by atoms with van der Waals surface area (Å²) in [5, 5.41) is 4.43. The van der Waals surface area contributed by atoms with Gasteiger partial charge in [-0.2, -0.15) is 0 Å². The van der Waals surface area contributed by atoms with Crippen molar-refractivity contribution in [1.82, 2.24) is 4.98 Å². The molecule has 0 unspecified atom stereocenters. The van der Waals surface area contributed by atoms with Gasteiger partial charge in [0.1, 0.15) is 0 Å². The molecule has 0 radical (unpaired) electrons. The second-order valence-corrected chi connectivity index (χ2v) is 6.37. The number of aromatic nitrogens is 1. The molecule has 0 aliphatic heterocycles. The van der Waals surface area contributed by atoms with Crippen LogP contribution in [0.3, 0.4) is 0 Å². The highest BCUT2D eigenvalue weighted by atomic mass is 79.9. The summed E-state index contributed by atoms with van der Waals surface area (Å²) in [4.78, 5) is 4.36. The lowest BCUT2D eigenvalue weighted by Gasteiger charge is -2.14. The van der Waals surface area contributed by atoms with Crippen LogP contribution in [0.2, 0.25) is 0 Å². The zero-order valence-electron chi connectivity index (χ0n) is 11.9. The first-order valence-electron chi connectivity index (χ1n) is 7.43. The fraction of sp³-hybridized carbons (Fsp3) is 0.438. The van der Waals surface area contributed by atoms with Crippen LogP contribution in [-0.4, -0.2) is 24.2 Å². The van der Waals surface area contributed by atoms with Crippen LogP contribution >= 0.6 is 15.9 Å². The smallest absolute Gasteiger partial charge is 0.0743 e. The van der Waals surface area contributed by atoms with Crippen molar-refractivity contribution in [2.75, 3.05) is 24.2 Å². The van der Waals surface area contributed by atoms with E-state index in [1.54, 1.807) is 6.20 Å². The van der Waals surface area contributed by atoms with E-state index >= 15 is 0 Å². The lowest BCUT2D eigenvalue weighted by atomic mass is 10.1. The van der Waals surface area contributed by atoms with E-state index in [0.29, 0.717) is 18.4 Å². The van der Waals surface area contributed by atoms with Gasteiger partial charge in [-0.3, -0.25) is 4.98 Å². The fourth-order valence-electron chi connectivity index (χ4n) is 2.83. The van der Waals surface area contributed by atoms with Gasteiger partial charge in [-0.25, -0.2) is 0 Å². The first kappa shape index (κ1) is 14.6. The maximum absolute atomic E-state index is 6.06. The Hall–Kier alpha value is -1.33. The third-order valence-corrected chi connectivity index (χ3v) is 4.41. The number of nitrogen functional groups attached to an aromatic ring is 1. The van der Waals surface area contributed by atoms with Crippen LogP contribution in [-0.2, 0) is 4.74 Å². The largest absolute Gasteiger partial charge is 0.396 e. The summed E-state index contributed by atoms with van der Waals surface area (Å²) in [5.41, 5.74) is 8.61. The van der Waals surface area contributed by atoms with E-state index in [-0.39, 0.29) is 0 Å². The van der Waals surface area contributed by atoms with E-state index in [0.717, 1.165) is 27.6 Å². The Morgan fingerprint density at radius 3 is 2.95 bits per heavy atom. The standard InChI is InChI=1S/C16H20BrN3O/c17-11-5-6-15-13(9-11)16(14(18)10-20-15)19-7-8-21-12-3-1-2-4-12/h5-6,9-10,12H,1-4,7-8,18H2,(H,19,20). The molecule has 1 heterocycles. The molecule has 1 aliphatic carbocycles. The van der Waals surface area contributed by atoms with Crippen molar-refractivity contribution in [3.63, 3.8) is 0 Å². The van der Waals surface area contributed by atoms with Crippen molar-refractivity contribution in [2.24, 2.45) is 0 Å². The lowest BCUT2D eigenvalue weighted by molar-refractivity contribution is 0.0659. The molecule has 5 heteroatoms. The number of hydrogen-bond acceptors (Lipinski definition) is 4. The molecule has 0 atom stereocenters. The summed E-state index contributed by atoms with van der Waals surface area (Å²) >= 11 is 3.50. The molecular weight excluding hydrogens is 330 g/mol. The van der Waals surface area contributed by atoms with Gasteiger partial charge in [0.25, 0.3) is 0 Å². The zero-order valence-corrected chi connectivity index (χ0v) is 13.5. The van der Waals surface area contributed by atoms with Crippen LogP contribution in [0.15, 0.2) is 28.9 Å². The van der Waals surface area contributed by atoms with Crippen LogP contribution in [0, 0.1) is 0 Å². The van der Waals surface area contributed by atoms with Gasteiger partial charge in [0.15, 0.2) is 0 Å². The van der Waals surface area contributed by atoms with Crippen molar-refractivity contribution < 1.29 is 4.74 Å². The molecule has 1 aromatic heterocycles. The molecule has 1 fully saturated rings. The van der Waals surface area contributed by atoms with Crippen LogP contribution in [0.25, 0.3) is 10.9 Å². The summed E-state index contributed by atoms with van der Waals surface area (Å²) < 4.78 is 6.89. The van der Waals surface area contributed by atoms with Crippen LogP contribution in [0.1, 0.15) is 25.7 Å². The molecule has 21 heavy (non-hydrogen) atoms. The summed E-state index contributed by atoms with van der Waals surface area (Å²) in [6, 6.07) is 6.01. The number of ether oxygens (including phenoxy) is 1. The molecule has 0 spiro atoms. The normalized spacial score (nSPS) is 15.7. The second kappa shape index (κ2) is 6.62. The fourth-order valence-corrected chi connectivity index (χ4v) is 3.20. The average molecular weight is 350 g/mol. The third kappa shape index (κ3) is 3.47. The Labute approximate surface area is 133 Å². The van der Waals surface area contributed by atoms with Crippen molar-refractivity contribution in [3.8, 4) is 0 Å². The van der Waals surface area contributed by atoms with Gasteiger partial charge in [0, 0.05) is 16.4 Å².